The van der Waals surface area contributed by atoms with Crippen LogP contribution in [0.15, 0.2) is 16.8 Å². The van der Waals surface area contributed by atoms with Crippen LogP contribution in [0, 0.1) is 19.3 Å². The Morgan fingerprint density at radius 3 is 2.76 bits per heavy atom. The average Bonchev–Trinajstić information content (AvgIpc) is 3.22. The van der Waals surface area contributed by atoms with Gasteiger partial charge in [-0.3, -0.25) is 0 Å². The Kier molecular flexibility index (Phi) is 4.03. The molecule has 7 heteroatoms. The fraction of sp³-hybridized carbons (Fsp3) is 0.556. The van der Waals surface area contributed by atoms with Crippen LogP contribution < -0.4 is 5.73 Å². The predicted octanol–water partition coefficient (Wildman–Crippen LogP) is 2.85. The Hall–Kier alpha value is -2.28. The molecule has 3 heterocycles. The third kappa shape index (κ3) is 2.93. The quantitative estimate of drug-likeness (QED) is 0.784. The lowest BCUT2D eigenvalue weighted by molar-refractivity contribution is 0.177. The van der Waals surface area contributed by atoms with Crippen molar-refractivity contribution in [3.8, 4) is 11.4 Å². The predicted molar refractivity (Wildman–Crippen MR) is 94.0 cm³/mol. The summed E-state index contributed by atoms with van der Waals surface area (Å²) in [4.78, 5) is 9.21. The highest BCUT2D eigenvalue weighted by atomic mass is 16.5. The number of fused-ring (bicyclic) bond motifs is 1. The van der Waals surface area contributed by atoms with Crippen LogP contribution in [0.5, 0.6) is 0 Å². The van der Waals surface area contributed by atoms with Crippen molar-refractivity contribution in [3.63, 3.8) is 0 Å². The monoisotopic (exact) mass is 340 g/mol. The van der Waals surface area contributed by atoms with Crippen molar-refractivity contribution in [3.05, 3.63) is 29.5 Å². The molecule has 3 aromatic heterocycles. The first-order valence-corrected chi connectivity index (χ1v) is 8.95. The van der Waals surface area contributed by atoms with Crippen LogP contribution in [0.4, 0.5) is 0 Å². The summed E-state index contributed by atoms with van der Waals surface area (Å²) in [6.07, 6.45) is 8.53. The lowest BCUT2D eigenvalue weighted by Gasteiger charge is -2.34. The molecule has 0 unspecified atom stereocenters. The maximum absolute atomic E-state index is 6.08. The maximum Gasteiger partial charge on any atom is 0.227 e. The minimum Gasteiger partial charge on any atom is -0.339 e. The first-order valence-electron chi connectivity index (χ1n) is 8.95. The molecule has 0 atom stereocenters. The molecular weight excluding hydrogens is 316 g/mol. The molecule has 3 aromatic rings. The molecule has 0 amide bonds. The molecule has 1 saturated carbocycles. The molecule has 25 heavy (non-hydrogen) atoms. The topological polar surface area (TPSA) is 95.1 Å². The van der Waals surface area contributed by atoms with Crippen molar-refractivity contribution < 1.29 is 4.52 Å². The van der Waals surface area contributed by atoms with Gasteiger partial charge in [-0.05, 0) is 44.7 Å². The molecule has 1 aliphatic rings. The van der Waals surface area contributed by atoms with Crippen LogP contribution in [0.1, 0.15) is 49.4 Å². The molecular formula is C18H24N6O. The van der Waals surface area contributed by atoms with Gasteiger partial charge in [-0.25, -0.2) is 9.50 Å². The van der Waals surface area contributed by atoms with Crippen molar-refractivity contribution in [1.82, 2.24) is 24.7 Å². The summed E-state index contributed by atoms with van der Waals surface area (Å²) >= 11 is 0. The molecule has 0 radical (unpaired) electrons. The van der Waals surface area contributed by atoms with Gasteiger partial charge in [-0.1, -0.05) is 24.4 Å². The van der Waals surface area contributed by atoms with Gasteiger partial charge < -0.3 is 10.3 Å². The second-order valence-electron chi connectivity index (χ2n) is 7.29. The number of nitrogens with two attached hydrogens (primary N) is 1. The van der Waals surface area contributed by atoms with Crippen LogP contribution in [0.3, 0.4) is 0 Å². The van der Waals surface area contributed by atoms with Gasteiger partial charge >= 0.3 is 0 Å². The maximum atomic E-state index is 6.08. The second-order valence-corrected chi connectivity index (χ2v) is 7.29. The van der Waals surface area contributed by atoms with E-state index in [9.17, 15) is 0 Å². The van der Waals surface area contributed by atoms with Crippen molar-refractivity contribution in [2.45, 2.75) is 52.4 Å². The zero-order chi connectivity index (χ0) is 17.4. The van der Waals surface area contributed by atoms with E-state index in [4.69, 9.17) is 10.3 Å². The van der Waals surface area contributed by atoms with Gasteiger partial charge in [0.25, 0.3) is 0 Å². The summed E-state index contributed by atoms with van der Waals surface area (Å²) in [5, 5.41) is 8.58. The zero-order valence-electron chi connectivity index (χ0n) is 14.8. The first kappa shape index (κ1) is 16.2. The van der Waals surface area contributed by atoms with E-state index in [0.717, 1.165) is 41.9 Å². The Morgan fingerprint density at radius 2 is 2.00 bits per heavy atom. The highest BCUT2D eigenvalue weighted by molar-refractivity contribution is 5.72. The van der Waals surface area contributed by atoms with Crippen molar-refractivity contribution in [2.75, 3.05) is 6.54 Å². The van der Waals surface area contributed by atoms with Gasteiger partial charge in [-0.2, -0.15) is 10.1 Å². The average molecular weight is 340 g/mol. The fourth-order valence-electron chi connectivity index (χ4n) is 3.94. The van der Waals surface area contributed by atoms with E-state index < -0.39 is 0 Å². The lowest BCUT2D eigenvalue weighted by atomic mass is 9.72. The standard InChI is InChI=1S/C18H24N6O/c1-12-8-13(2)24-17(21-12)14(10-20-24)16-22-15(25-23-16)9-18(11-19)6-4-3-5-7-18/h8,10H,3-7,9,11,19H2,1-2H3. The van der Waals surface area contributed by atoms with Crippen LogP contribution in [0.2, 0.25) is 0 Å². The van der Waals surface area contributed by atoms with Crippen LogP contribution in [-0.4, -0.2) is 31.3 Å². The number of rotatable bonds is 4. The Bertz CT molecular complexity index is 890. The van der Waals surface area contributed by atoms with Crippen LogP contribution in [-0.2, 0) is 6.42 Å². The Morgan fingerprint density at radius 1 is 1.20 bits per heavy atom. The van der Waals surface area contributed by atoms with Gasteiger partial charge in [0.05, 0.1) is 11.8 Å². The third-order valence-electron chi connectivity index (χ3n) is 5.36. The summed E-state index contributed by atoms with van der Waals surface area (Å²) in [6.45, 7) is 4.65. The van der Waals surface area contributed by atoms with E-state index >= 15 is 0 Å². The van der Waals surface area contributed by atoms with E-state index in [0.29, 0.717) is 18.3 Å². The molecule has 7 nitrogen and oxygen atoms in total. The molecule has 0 aliphatic heterocycles. The Balaban J connectivity index is 1.65. The number of aryl methyl sites for hydroxylation is 2. The summed E-state index contributed by atoms with van der Waals surface area (Å²) in [7, 11) is 0. The molecule has 0 bridgehead atoms. The number of aromatic nitrogens is 5. The van der Waals surface area contributed by atoms with E-state index in [2.05, 4.69) is 20.2 Å². The minimum atomic E-state index is 0.106. The van der Waals surface area contributed by atoms with Crippen LogP contribution >= 0.6 is 0 Å². The molecule has 0 spiro atoms. The zero-order valence-corrected chi connectivity index (χ0v) is 14.8. The SMILES string of the molecule is Cc1cc(C)n2ncc(-c3noc(CC4(CN)CCCCC4)n3)c2n1. The van der Waals surface area contributed by atoms with Gasteiger partial charge in [0.1, 0.15) is 0 Å². The molecule has 1 aliphatic carbocycles. The van der Waals surface area contributed by atoms with Gasteiger partial charge in [0.15, 0.2) is 5.65 Å². The lowest BCUT2D eigenvalue weighted by Crippen LogP contribution is -2.35. The second kappa shape index (κ2) is 6.22. The third-order valence-corrected chi connectivity index (χ3v) is 5.36. The number of hydrogen-bond acceptors (Lipinski definition) is 6. The van der Waals surface area contributed by atoms with E-state index in [1.165, 1.54) is 19.3 Å². The van der Waals surface area contributed by atoms with Gasteiger partial charge in [0.2, 0.25) is 11.7 Å². The summed E-state index contributed by atoms with van der Waals surface area (Å²) in [6, 6.07) is 2.00. The molecule has 132 valence electrons. The van der Waals surface area contributed by atoms with Crippen LogP contribution in [0.25, 0.3) is 17.0 Å². The number of hydrogen-bond donors (Lipinski definition) is 1. The first-order chi connectivity index (χ1) is 12.1. The highest BCUT2D eigenvalue weighted by Crippen LogP contribution is 2.38. The highest BCUT2D eigenvalue weighted by Gasteiger charge is 2.33. The minimum absolute atomic E-state index is 0.106. The van der Waals surface area contributed by atoms with E-state index in [-0.39, 0.29) is 5.41 Å². The van der Waals surface area contributed by atoms with Crippen molar-refractivity contribution in [1.29, 1.82) is 0 Å². The van der Waals surface area contributed by atoms with Crippen molar-refractivity contribution in [2.24, 2.45) is 11.1 Å². The summed E-state index contributed by atoms with van der Waals surface area (Å²) in [5.41, 5.74) is 9.72. The molecule has 4 rings (SSSR count). The smallest absolute Gasteiger partial charge is 0.227 e. The fourth-order valence-corrected chi connectivity index (χ4v) is 3.94. The molecule has 0 saturated heterocycles. The molecule has 1 fully saturated rings. The van der Waals surface area contributed by atoms with Gasteiger partial charge in [0, 0.05) is 17.8 Å². The van der Waals surface area contributed by atoms with Crippen molar-refractivity contribution >= 4 is 5.65 Å². The van der Waals surface area contributed by atoms with E-state index in [1.54, 1.807) is 10.7 Å². The molecule has 0 aromatic carbocycles. The summed E-state index contributed by atoms with van der Waals surface area (Å²) < 4.78 is 7.35. The summed E-state index contributed by atoms with van der Waals surface area (Å²) in [5.74, 6) is 1.21. The normalized spacial score (nSPS) is 17.2. The number of nitrogens with zero attached hydrogens (tertiary/aromatic N) is 5. The van der Waals surface area contributed by atoms with Gasteiger partial charge in [-0.15, -0.1) is 0 Å². The Labute approximate surface area is 146 Å². The largest absolute Gasteiger partial charge is 0.339 e. The molecule has 2 N–H and O–H groups in total. The van der Waals surface area contributed by atoms with E-state index in [1.807, 2.05) is 19.9 Å².